The van der Waals surface area contributed by atoms with Crippen LogP contribution in [0, 0.1) is 26.6 Å². The van der Waals surface area contributed by atoms with Crippen molar-refractivity contribution >= 4 is 11.6 Å². The molecule has 0 aliphatic heterocycles. The number of amides is 1. The molecule has 0 saturated carbocycles. The highest BCUT2D eigenvalue weighted by atomic mass is 19.1. The Labute approximate surface area is 192 Å². The summed E-state index contributed by atoms with van der Waals surface area (Å²) in [5.41, 5.74) is 5.45. The molecule has 6 heteroatoms. The van der Waals surface area contributed by atoms with E-state index < -0.39 is 0 Å². The van der Waals surface area contributed by atoms with Crippen LogP contribution in [0.15, 0.2) is 72.8 Å². The molecule has 0 atom stereocenters. The number of halogens is 1. The van der Waals surface area contributed by atoms with Crippen molar-refractivity contribution in [1.82, 2.24) is 9.78 Å². The molecule has 0 spiro atoms. The van der Waals surface area contributed by atoms with Crippen molar-refractivity contribution in [3.05, 3.63) is 101 Å². The van der Waals surface area contributed by atoms with E-state index in [4.69, 9.17) is 9.84 Å². The quantitative estimate of drug-likeness (QED) is 0.365. The van der Waals surface area contributed by atoms with Crippen molar-refractivity contribution in [2.24, 2.45) is 0 Å². The fraction of sp³-hybridized carbons (Fsp3) is 0.185. The average Bonchev–Trinajstić information content (AvgIpc) is 3.10. The highest BCUT2D eigenvalue weighted by Crippen LogP contribution is 2.32. The van der Waals surface area contributed by atoms with Gasteiger partial charge in [0.2, 0.25) is 11.8 Å². The second-order valence-corrected chi connectivity index (χ2v) is 8.09. The highest BCUT2D eigenvalue weighted by Gasteiger charge is 2.20. The normalized spacial score (nSPS) is 10.8. The van der Waals surface area contributed by atoms with Gasteiger partial charge in [-0.3, -0.25) is 4.79 Å². The largest absolute Gasteiger partial charge is 0.439 e. The Bertz CT molecular complexity index is 1260. The van der Waals surface area contributed by atoms with Gasteiger partial charge in [-0.15, -0.1) is 0 Å². The third-order valence-corrected chi connectivity index (χ3v) is 5.35. The van der Waals surface area contributed by atoms with Gasteiger partial charge in [0.05, 0.1) is 11.4 Å². The first-order chi connectivity index (χ1) is 15.9. The van der Waals surface area contributed by atoms with E-state index in [1.165, 1.54) is 12.1 Å². The van der Waals surface area contributed by atoms with Gasteiger partial charge in [-0.05, 0) is 81.3 Å². The molecular weight excluding hydrogens is 417 g/mol. The van der Waals surface area contributed by atoms with Crippen LogP contribution < -0.4 is 10.1 Å². The van der Waals surface area contributed by atoms with Crippen molar-refractivity contribution < 1.29 is 13.9 Å². The van der Waals surface area contributed by atoms with Gasteiger partial charge >= 0.3 is 0 Å². The lowest BCUT2D eigenvalue weighted by atomic mass is 10.1. The third-order valence-electron chi connectivity index (χ3n) is 5.35. The van der Waals surface area contributed by atoms with E-state index in [1.807, 2.05) is 69.3 Å². The lowest BCUT2D eigenvalue weighted by molar-refractivity contribution is -0.116. The monoisotopic (exact) mass is 443 g/mol. The maximum Gasteiger partial charge on any atom is 0.226 e. The van der Waals surface area contributed by atoms with E-state index in [1.54, 1.807) is 16.8 Å². The molecule has 168 valence electrons. The van der Waals surface area contributed by atoms with Crippen molar-refractivity contribution in [3.8, 4) is 17.3 Å². The second-order valence-electron chi connectivity index (χ2n) is 8.09. The van der Waals surface area contributed by atoms with Gasteiger partial charge in [-0.25, -0.2) is 9.07 Å². The zero-order valence-electron chi connectivity index (χ0n) is 18.9. The Morgan fingerprint density at radius 2 is 1.70 bits per heavy atom. The molecule has 1 amide bonds. The summed E-state index contributed by atoms with van der Waals surface area (Å²) < 4.78 is 21.3. The van der Waals surface area contributed by atoms with Crippen LogP contribution in [-0.4, -0.2) is 15.7 Å². The van der Waals surface area contributed by atoms with E-state index in [-0.39, 0.29) is 18.1 Å². The first-order valence-electron chi connectivity index (χ1n) is 10.8. The van der Waals surface area contributed by atoms with Gasteiger partial charge < -0.3 is 10.1 Å². The van der Waals surface area contributed by atoms with Crippen molar-refractivity contribution in [1.29, 1.82) is 0 Å². The number of aromatic nitrogens is 2. The summed E-state index contributed by atoms with van der Waals surface area (Å²) in [6, 6.07) is 21.5. The second kappa shape index (κ2) is 9.69. The number of rotatable bonds is 7. The van der Waals surface area contributed by atoms with Gasteiger partial charge in [0.15, 0.2) is 0 Å². The lowest BCUT2D eigenvalue weighted by Gasteiger charge is -2.12. The average molecular weight is 444 g/mol. The summed E-state index contributed by atoms with van der Waals surface area (Å²) in [5, 5.41) is 7.62. The van der Waals surface area contributed by atoms with Crippen molar-refractivity contribution in [2.75, 3.05) is 5.32 Å². The minimum absolute atomic E-state index is 0.0886. The Kier molecular flexibility index (Phi) is 6.54. The first kappa shape index (κ1) is 22.3. The standard InChI is InChI=1S/C27H26FN3O2/c1-18-7-11-22(12-8-18)29-26(32)16-15-25-20(3)30-31(23-6-4-5-19(2)17-23)27(25)33-24-13-9-21(28)10-14-24/h4-14,17H,15-16H2,1-3H3,(H,29,32). The summed E-state index contributed by atoms with van der Waals surface area (Å²) in [7, 11) is 0. The van der Waals surface area contributed by atoms with Gasteiger partial charge in [0.25, 0.3) is 0 Å². The molecule has 5 nitrogen and oxygen atoms in total. The minimum Gasteiger partial charge on any atom is -0.439 e. The molecule has 4 rings (SSSR count). The van der Waals surface area contributed by atoms with Gasteiger partial charge in [-0.2, -0.15) is 5.10 Å². The van der Waals surface area contributed by atoms with Crippen LogP contribution in [-0.2, 0) is 11.2 Å². The molecular formula is C27H26FN3O2. The molecule has 0 unspecified atom stereocenters. The lowest BCUT2D eigenvalue weighted by Crippen LogP contribution is -2.12. The van der Waals surface area contributed by atoms with Crippen LogP contribution in [0.25, 0.3) is 5.69 Å². The SMILES string of the molecule is Cc1ccc(NC(=O)CCc2c(C)nn(-c3cccc(C)c3)c2Oc2ccc(F)cc2)cc1. The molecule has 0 aliphatic carbocycles. The van der Waals surface area contributed by atoms with Crippen molar-refractivity contribution in [2.45, 2.75) is 33.6 Å². The van der Waals surface area contributed by atoms with Gasteiger partial charge in [0, 0.05) is 17.7 Å². The predicted octanol–water partition coefficient (Wildman–Crippen LogP) is 6.30. The molecule has 3 aromatic carbocycles. The fourth-order valence-electron chi connectivity index (χ4n) is 3.58. The number of hydrogen-bond donors (Lipinski definition) is 1. The third kappa shape index (κ3) is 5.47. The molecule has 1 N–H and O–H groups in total. The maximum atomic E-state index is 13.4. The number of nitrogens with zero attached hydrogens (tertiary/aromatic N) is 2. The summed E-state index contributed by atoms with van der Waals surface area (Å²) in [4.78, 5) is 12.6. The van der Waals surface area contributed by atoms with E-state index in [9.17, 15) is 9.18 Å². The highest BCUT2D eigenvalue weighted by molar-refractivity contribution is 5.90. The first-order valence-corrected chi connectivity index (χ1v) is 10.8. The number of ether oxygens (including phenoxy) is 1. The molecule has 1 heterocycles. The van der Waals surface area contributed by atoms with Crippen LogP contribution in [0.4, 0.5) is 10.1 Å². The van der Waals surface area contributed by atoms with Crippen LogP contribution >= 0.6 is 0 Å². The molecule has 0 saturated heterocycles. The Hall–Kier alpha value is -3.93. The fourth-order valence-corrected chi connectivity index (χ4v) is 3.58. The van der Waals surface area contributed by atoms with E-state index in [0.29, 0.717) is 18.1 Å². The summed E-state index contributed by atoms with van der Waals surface area (Å²) in [6.45, 7) is 5.91. The van der Waals surface area contributed by atoms with Crippen LogP contribution in [0.5, 0.6) is 11.6 Å². The number of aryl methyl sites for hydroxylation is 3. The zero-order chi connectivity index (χ0) is 23.4. The Morgan fingerprint density at radius 3 is 2.39 bits per heavy atom. The van der Waals surface area contributed by atoms with E-state index >= 15 is 0 Å². The molecule has 0 aliphatic rings. The summed E-state index contributed by atoms with van der Waals surface area (Å²) >= 11 is 0. The summed E-state index contributed by atoms with van der Waals surface area (Å²) in [5.74, 6) is 0.594. The van der Waals surface area contributed by atoms with E-state index in [0.717, 1.165) is 33.8 Å². The van der Waals surface area contributed by atoms with Gasteiger partial charge in [-0.1, -0.05) is 29.8 Å². The molecule has 0 fully saturated rings. The number of benzene rings is 3. The van der Waals surface area contributed by atoms with Crippen LogP contribution in [0.1, 0.15) is 28.8 Å². The number of carbonyl (C=O) groups excluding carboxylic acids is 1. The van der Waals surface area contributed by atoms with Gasteiger partial charge in [0.1, 0.15) is 11.6 Å². The number of nitrogens with one attached hydrogen (secondary N) is 1. The smallest absolute Gasteiger partial charge is 0.226 e. The minimum atomic E-state index is -0.335. The maximum absolute atomic E-state index is 13.4. The summed E-state index contributed by atoms with van der Waals surface area (Å²) in [6.07, 6.45) is 0.722. The topological polar surface area (TPSA) is 56.2 Å². The molecule has 4 aromatic rings. The number of carbonyl (C=O) groups is 1. The Balaban J connectivity index is 1.61. The molecule has 1 aromatic heterocycles. The van der Waals surface area contributed by atoms with Crippen molar-refractivity contribution in [3.63, 3.8) is 0 Å². The number of hydrogen-bond acceptors (Lipinski definition) is 3. The Morgan fingerprint density at radius 1 is 0.970 bits per heavy atom. The van der Waals surface area contributed by atoms with Crippen LogP contribution in [0.3, 0.4) is 0 Å². The molecule has 0 radical (unpaired) electrons. The molecule has 33 heavy (non-hydrogen) atoms. The van der Waals surface area contributed by atoms with E-state index in [2.05, 4.69) is 5.32 Å². The number of anilines is 1. The van der Waals surface area contributed by atoms with Crippen LogP contribution in [0.2, 0.25) is 0 Å². The zero-order valence-corrected chi connectivity index (χ0v) is 18.9. The predicted molar refractivity (Wildman–Crippen MR) is 128 cm³/mol. The molecule has 0 bridgehead atoms.